The van der Waals surface area contributed by atoms with Gasteiger partial charge in [-0.3, -0.25) is 5.32 Å². The molecule has 1 aromatic carbocycles. The van der Waals surface area contributed by atoms with E-state index in [-0.39, 0.29) is 0 Å². The van der Waals surface area contributed by atoms with E-state index in [0.717, 1.165) is 18.0 Å². The van der Waals surface area contributed by atoms with Crippen LogP contribution in [-0.2, 0) is 0 Å². The number of halogens is 1. The van der Waals surface area contributed by atoms with Crippen LogP contribution in [0, 0.1) is 0 Å². The third-order valence-corrected chi connectivity index (χ3v) is 5.55. The predicted molar refractivity (Wildman–Crippen MR) is 106 cm³/mol. The number of anilines is 3. The van der Waals surface area contributed by atoms with Gasteiger partial charge in [-0.1, -0.05) is 22.9 Å². The minimum atomic E-state index is -0.423. The van der Waals surface area contributed by atoms with Crippen molar-refractivity contribution in [2.45, 2.75) is 45.2 Å². The normalized spacial score (nSPS) is 19.9. The van der Waals surface area contributed by atoms with E-state index in [9.17, 15) is 4.79 Å². The van der Waals surface area contributed by atoms with Gasteiger partial charge in [0.15, 0.2) is 0 Å². The number of methoxy groups -OCH3 is 1. The van der Waals surface area contributed by atoms with Crippen molar-refractivity contribution in [2.75, 3.05) is 22.6 Å². The Morgan fingerprint density at radius 2 is 2.00 bits per heavy atom. The first-order chi connectivity index (χ1) is 12.5. The topological polar surface area (TPSA) is 79.4 Å². The average Bonchev–Trinajstić information content (AvgIpc) is 3.02. The first-order valence-electron chi connectivity index (χ1n) is 8.51. The highest BCUT2D eigenvalue weighted by Gasteiger charge is 2.27. The maximum Gasteiger partial charge on any atom is 0.325 e. The molecule has 0 unspecified atom stereocenters. The maximum atomic E-state index is 12.3. The van der Waals surface area contributed by atoms with Crippen LogP contribution in [-0.4, -0.2) is 35.4 Å². The molecule has 1 aromatic heterocycles. The minimum absolute atomic E-state index is 0.420. The number of nitrogens with zero attached hydrogens (tertiary/aromatic N) is 3. The Hall–Kier alpha value is -2.06. The van der Waals surface area contributed by atoms with Crippen molar-refractivity contribution in [1.82, 2.24) is 10.2 Å². The zero-order chi connectivity index (χ0) is 18.7. The molecular weight excluding hydrogens is 374 g/mol. The third kappa shape index (κ3) is 4.19. The van der Waals surface area contributed by atoms with E-state index in [1.165, 1.54) is 24.9 Å². The number of rotatable bonds is 4. The van der Waals surface area contributed by atoms with Gasteiger partial charge in [-0.2, -0.15) is 0 Å². The second-order valence-corrected chi connectivity index (χ2v) is 7.74. The van der Waals surface area contributed by atoms with E-state index in [1.807, 2.05) is 0 Å². The fraction of sp³-hybridized carbons (Fsp3) is 0.471. The lowest BCUT2D eigenvalue weighted by Crippen LogP contribution is -2.43. The van der Waals surface area contributed by atoms with Crippen LogP contribution < -0.4 is 20.3 Å². The molecule has 2 amide bonds. The number of aromatic nitrogens is 2. The summed E-state index contributed by atoms with van der Waals surface area (Å²) in [5.41, 5.74) is 0.487. The molecule has 7 nitrogen and oxygen atoms in total. The number of ether oxygens (including phenoxy) is 1. The number of urea groups is 1. The highest BCUT2D eigenvalue weighted by molar-refractivity contribution is 7.19. The number of carbonyl (C=O) groups excluding carboxylic acids is 1. The van der Waals surface area contributed by atoms with E-state index in [2.05, 4.69) is 39.6 Å². The van der Waals surface area contributed by atoms with Gasteiger partial charge in [-0.25, -0.2) is 4.79 Å². The van der Waals surface area contributed by atoms with Gasteiger partial charge in [0.05, 0.1) is 12.8 Å². The summed E-state index contributed by atoms with van der Waals surface area (Å²) in [6.45, 7) is 4.39. The van der Waals surface area contributed by atoms with E-state index in [4.69, 9.17) is 16.3 Å². The third-order valence-electron chi connectivity index (χ3n) is 4.46. The van der Waals surface area contributed by atoms with Crippen molar-refractivity contribution in [2.24, 2.45) is 0 Å². The van der Waals surface area contributed by atoms with E-state index in [0.29, 0.717) is 33.7 Å². The molecule has 2 N–H and O–H groups in total. The molecule has 0 bridgehead atoms. The molecule has 1 aliphatic heterocycles. The van der Waals surface area contributed by atoms with Crippen LogP contribution in [0.5, 0.6) is 5.75 Å². The molecule has 2 heterocycles. The molecule has 140 valence electrons. The number of amides is 2. The Bertz CT molecular complexity index is 774. The van der Waals surface area contributed by atoms with Gasteiger partial charge in [0.25, 0.3) is 0 Å². The Morgan fingerprint density at radius 1 is 1.27 bits per heavy atom. The second kappa shape index (κ2) is 8.09. The molecule has 3 rings (SSSR count). The second-order valence-electron chi connectivity index (χ2n) is 6.35. The molecule has 2 aromatic rings. The Labute approximate surface area is 161 Å². The number of nitrogens with one attached hydrogen (secondary N) is 2. The summed E-state index contributed by atoms with van der Waals surface area (Å²) in [6.07, 6.45) is 3.51. The van der Waals surface area contributed by atoms with Gasteiger partial charge in [0.1, 0.15) is 5.75 Å². The number of carbonyl (C=O) groups is 1. The van der Waals surface area contributed by atoms with Gasteiger partial charge in [-0.15, -0.1) is 10.2 Å². The molecule has 26 heavy (non-hydrogen) atoms. The summed E-state index contributed by atoms with van der Waals surface area (Å²) >= 11 is 7.35. The summed E-state index contributed by atoms with van der Waals surface area (Å²) < 4.78 is 5.23. The lowest BCUT2D eigenvalue weighted by Gasteiger charge is -2.38. The first kappa shape index (κ1) is 18.7. The van der Waals surface area contributed by atoms with Crippen LogP contribution in [0.1, 0.15) is 33.1 Å². The van der Waals surface area contributed by atoms with E-state index in [1.54, 1.807) is 18.2 Å². The van der Waals surface area contributed by atoms with Gasteiger partial charge < -0.3 is 15.0 Å². The summed E-state index contributed by atoms with van der Waals surface area (Å²) in [5, 5.41) is 15.6. The molecule has 1 saturated heterocycles. The number of piperidine rings is 1. The highest BCUT2D eigenvalue weighted by atomic mass is 35.5. The van der Waals surface area contributed by atoms with Crippen molar-refractivity contribution in [1.29, 1.82) is 0 Å². The smallest absolute Gasteiger partial charge is 0.325 e. The molecule has 1 aliphatic rings. The molecule has 1 fully saturated rings. The Morgan fingerprint density at radius 3 is 2.69 bits per heavy atom. The number of benzene rings is 1. The zero-order valence-corrected chi connectivity index (χ0v) is 16.5. The molecule has 0 saturated carbocycles. The van der Waals surface area contributed by atoms with Crippen molar-refractivity contribution in [3.8, 4) is 5.75 Å². The molecule has 2 atom stereocenters. The standard InChI is InChI=1S/C17H22ClN5O2S/c1-10-5-4-6-11(2)23(10)17-22-21-16(26-17)20-15(24)19-13-9-12(18)7-8-14(13)25-3/h7-11H,4-6H2,1-3H3,(H2,19,20,21,24)/t10-,11-/m0/s1. The Balaban J connectivity index is 1.67. The maximum absolute atomic E-state index is 12.3. The average molecular weight is 396 g/mol. The summed E-state index contributed by atoms with van der Waals surface area (Å²) in [7, 11) is 1.53. The molecular formula is C17H22ClN5O2S. The molecule has 0 radical (unpaired) electrons. The van der Waals surface area contributed by atoms with Crippen LogP contribution in [0.3, 0.4) is 0 Å². The zero-order valence-electron chi connectivity index (χ0n) is 15.0. The summed E-state index contributed by atoms with van der Waals surface area (Å²) in [5.74, 6) is 0.526. The van der Waals surface area contributed by atoms with Crippen LogP contribution >= 0.6 is 22.9 Å². The quantitative estimate of drug-likeness (QED) is 0.790. The van der Waals surface area contributed by atoms with Gasteiger partial charge >= 0.3 is 6.03 Å². The lowest BCUT2D eigenvalue weighted by atomic mass is 9.98. The summed E-state index contributed by atoms with van der Waals surface area (Å²) in [6, 6.07) is 5.44. The van der Waals surface area contributed by atoms with Crippen LogP contribution in [0.4, 0.5) is 20.7 Å². The SMILES string of the molecule is COc1ccc(Cl)cc1NC(=O)Nc1nnc(N2[C@@H](C)CCC[C@@H]2C)s1. The van der Waals surface area contributed by atoms with Crippen molar-refractivity contribution in [3.63, 3.8) is 0 Å². The van der Waals surface area contributed by atoms with Crippen LogP contribution in [0.15, 0.2) is 18.2 Å². The van der Waals surface area contributed by atoms with Crippen LogP contribution in [0.25, 0.3) is 0 Å². The number of hydrogen-bond donors (Lipinski definition) is 2. The fourth-order valence-electron chi connectivity index (χ4n) is 3.20. The lowest BCUT2D eigenvalue weighted by molar-refractivity contribution is 0.262. The van der Waals surface area contributed by atoms with E-state index < -0.39 is 6.03 Å². The first-order valence-corrected chi connectivity index (χ1v) is 9.70. The van der Waals surface area contributed by atoms with Crippen molar-refractivity contribution in [3.05, 3.63) is 23.2 Å². The van der Waals surface area contributed by atoms with Gasteiger partial charge in [0, 0.05) is 17.1 Å². The minimum Gasteiger partial charge on any atom is -0.495 e. The Kier molecular flexibility index (Phi) is 5.83. The van der Waals surface area contributed by atoms with Gasteiger partial charge in [0.2, 0.25) is 10.3 Å². The van der Waals surface area contributed by atoms with E-state index >= 15 is 0 Å². The molecule has 9 heteroatoms. The fourth-order valence-corrected chi connectivity index (χ4v) is 4.31. The molecule has 0 aliphatic carbocycles. The number of hydrogen-bond acceptors (Lipinski definition) is 6. The van der Waals surface area contributed by atoms with Gasteiger partial charge in [-0.05, 0) is 51.3 Å². The predicted octanol–water partition coefficient (Wildman–Crippen LogP) is 4.61. The van der Waals surface area contributed by atoms with Crippen LogP contribution in [0.2, 0.25) is 5.02 Å². The van der Waals surface area contributed by atoms with Crippen molar-refractivity contribution >= 4 is 44.9 Å². The monoisotopic (exact) mass is 395 g/mol. The summed E-state index contributed by atoms with van der Waals surface area (Å²) in [4.78, 5) is 14.6. The molecule has 0 spiro atoms. The largest absolute Gasteiger partial charge is 0.495 e. The highest BCUT2D eigenvalue weighted by Crippen LogP contribution is 2.33. The van der Waals surface area contributed by atoms with Crippen molar-refractivity contribution < 1.29 is 9.53 Å².